The topological polar surface area (TPSA) is 89.6 Å². The van der Waals surface area contributed by atoms with Gasteiger partial charge in [0.1, 0.15) is 11.9 Å². The Hall–Kier alpha value is -3.09. The molecule has 2 amide bonds. The van der Waals surface area contributed by atoms with Crippen molar-refractivity contribution in [3.05, 3.63) is 59.9 Å². The molecular formula is C23H29N3O4. The number of hydrogen-bond acceptors (Lipinski definition) is 5. The number of nitrogens with one attached hydrogen (secondary N) is 2. The second-order valence-electron chi connectivity index (χ2n) is 7.51. The number of pyridine rings is 1. The first-order valence-corrected chi connectivity index (χ1v) is 10.3. The summed E-state index contributed by atoms with van der Waals surface area (Å²) in [5.41, 5.74) is 1.14. The van der Waals surface area contributed by atoms with Crippen molar-refractivity contribution in [2.45, 2.75) is 44.1 Å². The van der Waals surface area contributed by atoms with E-state index in [1.807, 2.05) is 37.3 Å². The normalized spacial score (nSPS) is 20.8. The van der Waals surface area contributed by atoms with Crippen molar-refractivity contribution in [3.8, 4) is 5.75 Å². The number of aromatic nitrogens is 1. The van der Waals surface area contributed by atoms with Crippen molar-refractivity contribution in [1.29, 1.82) is 0 Å². The largest absolute Gasteiger partial charge is 0.496 e. The minimum atomic E-state index is -0.377. The molecule has 0 radical (unpaired) electrons. The summed E-state index contributed by atoms with van der Waals surface area (Å²) >= 11 is 0. The maximum absolute atomic E-state index is 12.8. The van der Waals surface area contributed by atoms with E-state index in [1.165, 1.54) is 0 Å². The van der Waals surface area contributed by atoms with E-state index in [-0.39, 0.29) is 23.5 Å². The first-order valence-electron chi connectivity index (χ1n) is 10.3. The van der Waals surface area contributed by atoms with Gasteiger partial charge in [0.05, 0.1) is 12.7 Å². The van der Waals surface area contributed by atoms with E-state index in [2.05, 4.69) is 15.6 Å². The fourth-order valence-corrected chi connectivity index (χ4v) is 3.98. The van der Waals surface area contributed by atoms with Gasteiger partial charge in [-0.25, -0.2) is 4.79 Å². The number of hydrogen-bond donors (Lipinski definition) is 2. The molecule has 2 aromatic rings. The lowest BCUT2D eigenvalue weighted by Gasteiger charge is -2.39. The fraction of sp³-hybridized carbons (Fsp3) is 0.435. The first kappa shape index (κ1) is 21.6. The van der Waals surface area contributed by atoms with Crippen LogP contribution in [0.15, 0.2) is 48.7 Å². The molecular weight excluding hydrogens is 382 g/mol. The summed E-state index contributed by atoms with van der Waals surface area (Å²) < 4.78 is 10.8. The van der Waals surface area contributed by atoms with Crippen molar-refractivity contribution in [3.63, 3.8) is 0 Å². The number of benzene rings is 1. The third-order valence-electron chi connectivity index (χ3n) is 5.63. The summed E-state index contributed by atoms with van der Waals surface area (Å²) in [5, 5.41) is 5.75. The summed E-state index contributed by atoms with van der Waals surface area (Å²) in [6.07, 6.45) is 4.24. The van der Waals surface area contributed by atoms with Crippen molar-refractivity contribution in [2.75, 3.05) is 20.2 Å². The van der Waals surface area contributed by atoms with Crippen LogP contribution >= 0.6 is 0 Å². The number of carbonyl (C=O) groups excluding carboxylic acids is 2. The Morgan fingerprint density at radius 3 is 2.50 bits per heavy atom. The van der Waals surface area contributed by atoms with Crippen molar-refractivity contribution < 1.29 is 19.1 Å². The van der Waals surface area contributed by atoms with Crippen LogP contribution in [-0.2, 0) is 10.2 Å². The molecule has 30 heavy (non-hydrogen) atoms. The molecule has 2 N–H and O–H groups in total. The molecule has 1 saturated carbocycles. The lowest BCUT2D eigenvalue weighted by atomic mass is 9.70. The number of carbonyl (C=O) groups is 2. The summed E-state index contributed by atoms with van der Waals surface area (Å²) in [7, 11) is 1.55. The van der Waals surface area contributed by atoms with Gasteiger partial charge >= 0.3 is 6.09 Å². The van der Waals surface area contributed by atoms with E-state index in [9.17, 15) is 9.59 Å². The van der Waals surface area contributed by atoms with Gasteiger partial charge in [-0.15, -0.1) is 0 Å². The van der Waals surface area contributed by atoms with E-state index in [0.29, 0.717) is 24.4 Å². The smallest absolute Gasteiger partial charge is 0.407 e. The Morgan fingerprint density at radius 2 is 1.83 bits per heavy atom. The molecule has 0 unspecified atom stereocenters. The van der Waals surface area contributed by atoms with Crippen LogP contribution in [0.25, 0.3) is 0 Å². The van der Waals surface area contributed by atoms with Crippen LogP contribution in [0.2, 0.25) is 0 Å². The highest BCUT2D eigenvalue weighted by atomic mass is 16.6. The van der Waals surface area contributed by atoms with Gasteiger partial charge in [0.2, 0.25) is 0 Å². The standard InChI is InChI=1S/C23H29N3O4/c1-3-24-22(28)30-17-11-13-23(14-12-17,20-10-6-7-15-25-20)16-26-21(27)18-8-4-5-9-19(18)29-2/h4-10,15,17H,3,11-14,16H2,1-2H3,(H,24,28)(H,26,27)/t17-,23-. The number of amides is 2. The molecule has 1 aliphatic rings. The maximum Gasteiger partial charge on any atom is 0.407 e. The summed E-state index contributed by atoms with van der Waals surface area (Å²) in [6, 6.07) is 13.0. The predicted molar refractivity (Wildman–Crippen MR) is 114 cm³/mol. The summed E-state index contributed by atoms with van der Waals surface area (Å²) in [4.78, 5) is 29.2. The Labute approximate surface area is 177 Å². The lowest BCUT2D eigenvalue weighted by molar-refractivity contribution is 0.0561. The van der Waals surface area contributed by atoms with Gasteiger partial charge in [0.15, 0.2) is 0 Å². The fourth-order valence-electron chi connectivity index (χ4n) is 3.98. The number of para-hydroxylation sites is 1. The van der Waals surface area contributed by atoms with Crippen LogP contribution in [0.5, 0.6) is 5.75 Å². The number of ether oxygens (including phenoxy) is 2. The van der Waals surface area contributed by atoms with Crippen LogP contribution in [0.1, 0.15) is 48.7 Å². The quantitative estimate of drug-likeness (QED) is 0.728. The van der Waals surface area contributed by atoms with Gasteiger partial charge in [-0.1, -0.05) is 18.2 Å². The highest BCUT2D eigenvalue weighted by Gasteiger charge is 2.39. The van der Waals surface area contributed by atoms with E-state index in [1.54, 1.807) is 25.4 Å². The molecule has 1 heterocycles. The van der Waals surface area contributed by atoms with E-state index < -0.39 is 0 Å². The Bertz CT molecular complexity index is 849. The third kappa shape index (κ3) is 5.09. The average molecular weight is 412 g/mol. The first-order chi connectivity index (χ1) is 14.6. The molecule has 7 nitrogen and oxygen atoms in total. The maximum atomic E-state index is 12.8. The Kier molecular flexibility index (Phi) is 7.27. The third-order valence-corrected chi connectivity index (χ3v) is 5.63. The van der Waals surface area contributed by atoms with Crippen LogP contribution in [-0.4, -0.2) is 43.3 Å². The van der Waals surface area contributed by atoms with Crippen LogP contribution in [0.4, 0.5) is 4.79 Å². The highest BCUT2D eigenvalue weighted by molar-refractivity contribution is 5.96. The molecule has 1 aromatic carbocycles. The average Bonchev–Trinajstić information content (AvgIpc) is 2.79. The highest BCUT2D eigenvalue weighted by Crippen LogP contribution is 2.39. The van der Waals surface area contributed by atoms with Crippen LogP contribution < -0.4 is 15.4 Å². The molecule has 0 aliphatic heterocycles. The van der Waals surface area contributed by atoms with E-state index in [0.717, 1.165) is 31.4 Å². The lowest BCUT2D eigenvalue weighted by Crippen LogP contribution is -2.45. The van der Waals surface area contributed by atoms with Crippen molar-refractivity contribution >= 4 is 12.0 Å². The van der Waals surface area contributed by atoms with Gasteiger partial charge in [-0.2, -0.15) is 0 Å². The van der Waals surface area contributed by atoms with Crippen molar-refractivity contribution in [2.24, 2.45) is 0 Å². The number of rotatable bonds is 7. The van der Waals surface area contributed by atoms with Gasteiger partial charge in [-0.3, -0.25) is 9.78 Å². The molecule has 7 heteroatoms. The van der Waals surface area contributed by atoms with Crippen LogP contribution in [0.3, 0.4) is 0 Å². The molecule has 3 rings (SSSR count). The monoisotopic (exact) mass is 411 g/mol. The molecule has 160 valence electrons. The molecule has 1 aliphatic carbocycles. The number of methoxy groups -OCH3 is 1. The summed E-state index contributed by atoms with van der Waals surface area (Å²) in [6.45, 7) is 2.85. The predicted octanol–water partition coefficient (Wildman–Crippen LogP) is 3.45. The molecule has 0 atom stereocenters. The molecule has 1 fully saturated rings. The molecule has 0 bridgehead atoms. The SMILES string of the molecule is CCNC(=O)O[C@H]1CC[C@](CNC(=O)c2ccccc2OC)(c2ccccn2)CC1. The van der Waals surface area contributed by atoms with Crippen LogP contribution in [0, 0.1) is 0 Å². The minimum Gasteiger partial charge on any atom is -0.496 e. The number of nitrogens with zero attached hydrogens (tertiary/aromatic N) is 1. The Morgan fingerprint density at radius 1 is 1.10 bits per heavy atom. The zero-order chi connectivity index (χ0) is 21.4. The number of alkyl carbamates (subject to hydrolysis) is 1. The van der Waals surface area contributed by atoms with Gasteiger partial charge in [0, 0.05) is 30.4 Å². The van der Waals surface area contributed by atoms with Gasteiger partial charge in [0.25, 0.3) is 5.91 Å². The second kappa shape index (κ2) is 10.1. The zero-order valence-electron chi connectivity index (χ0n) is 17.5. The van der Waals surface area contributed by atoms with Gasteiger partial charge < -0.3 is 20.1 Å². The molecule has 0 saturated heterocycles. The van der Waals surface area contributed by atoms with Crippen molar-refractivity contribution in [1.82, 2.24) is 15.6 Å². The molecule has 1 aromatic heterocycles. The van der Waals surface area contributed by atoms with Gasteiger partial charge in [-0.05, 0) is 56.9 Å². The van der Waals surface area contributed by atoms with E-state index >= 15 is 0 Å². The molecule has 0 spiro atoms. The summed E-state index contributed by atoms with van der Waals surface area (Å²) in [5.74, 6) is 0.365. The second-order valence-corrected chi connectivity index (χ2v) is 7.51. The minimum absolute atomic E-state index is 0.127. The zero-order valence-corrected chi connectivity index (χ0v) is 17.5. The van der Waals surface area contributed by atoms with E-state index in [4.69, 9.17) is 9.47 Å². The Balaban J connectivity index is 1.71.